The van der Waals surface area contributed by atoms with E-state index in [4.69, 9.17) is 11.6 Å². The molecule has 0 unspecified atom stereocenters. The maximum absolute atomic E-state index is 13.5. The maximum Gasteiger partial charge on any atom is 0.226 e. The lowest BCUT2D eigenvalue weighted by Crippen LogP contribution is -2.20. The highest BCUT2D eigenvalue weighted by Crippen LogP contribution is 2.29. The van der Waals surface area contributed by atoms with E-state index >= 15 is 0 Å². The lowest BCUT2D eigenvalue weighted by Gasteiger charge is -2.17. The van der Waals surface area contributed by atoms with Crippen LogP contribution in [0.1, 0.15) is 38.3 Å². The zero-order valence-corrected chi connectivity index (χ0v) is 17.0. The second kappa shape index (κ2) is 7.51. The minimum Gasteiger partial charge on any atom is -0.340 e. The molecule has 0 radical (unpaired) electrons. The van der Waals surface area contributed by atoms with Gasteiger partial charge in [0.2, 0.25) is 5.91 Å². The van der Waals surface area contributed by atoms with E-state index in [-0.39, 0.29) is 17.9 Å². The quantitative estimate of drug-likeness (QED) is 0.605. The Labute approximate surface area is 167 Å². The molecule has 0 atom stereocenters. The van der Waals surface area contributed by atoms with E-state index in [0.717, 1.165) is 17.1 Å². The third kappa shape index (κ3) is 4.68. The molecule has 0 bridgehead atoms. The van der Waals surface area contributed by atoms with Crippen LogP contribution in [0.25, 0.3) is 11.0 Å². The molecule has 0 saturated carbocycles. The van der Waals surface area contributed by atoms with Gasteiger partial charge in [-0.3, -0.25) is 4.79 Å². The number of hydrogen-bond donors (Lipinski definition) is 1. The first-order chi connectivity index (χ1) is 13.0. The van der Waals surface area contributed by atoms with Gasteiger partial charge in [0, 0.05) is 25.2 Å². The highest BCUT2D eigenvalue weighted by Gasteiger charge is 2.18. The molecule has 1 aromatic carbocycles. The topological polar surface area (TPSA) is 46.9 Å². The zero-order chi connectivity index (χ0) is 20.6. The number of fused-ring (bicyclic) bond motifs is 1. The molecule has 0 aliphatic heterocycles. The Morgan fingerprint density at radius 1 is 1.18 bits per heavy atom. The Kier molecular flexibility index (Phi) is 5.44. The predicted molar refractivity (Wildman–Crippen MR) is 108 cm³/mol. The number of aromatic nitrogens is 2. The molecule has 1 amide bonds. The van der Waals surface area contributed by atoms with Gasteiger partial charge in [0.05, 0.1) is 10.5 Å². The first-order valence-corrected chi connectivity index (χ1v) is 9.30. The van der Waals surface area contributed by atoms with E-state index in [0.29, 0.717) is 28.3 Å². The van der Waals surface area contributed by atoms with Crippen molar-refractivity contribution in [2.75, 3.05) is 5.32 Å². The van der Waals surface area contributed by atoms with Gasteiger partial charge in [0.1, 0.15) is 23.0 Å². The minimum atomic E-state index is -0.629. The van der Waals surface area contributed by atoms with Crippen molar-refractivity contribution in [1.82, 2.24) is 9.55 Å². The largest absolute Gasteiger partial charge is 0.340 e. The zero-order valence-electron chi connectivity index (χ0n) is 16.2. The van der Waals surface area contributed by atoms with Gasteiger partial charge in [-0.1, -0.05) is 32.4 Å². The van der Waals surface area contributed by atoms with Crippen molar-refractivity contribution in [2.24, 2.45) is 5.41 Å². The maximum atomic E-state index is 13.5. The van der Waals surface area contributed by atoms with Gasteiger partial charge < -0.3 is 9.88 Å². The summed E-state index contributed by atoms with van der Waals surface area (Å²) < 4.78 is 28.7. The molecule has 0 spiro atoms. The Hall–Kier alpha value is -2.47. The molecule has 1 N–H and O–H groups in total. The van der Waals surface area contributed by atoms with E-state index < -0.39 is 11.6 Å². The van der Waals surface area contributed by atoms with Crippen LogP contribution in [0.4, 0.5) is 14.6 Å². The van der Waals surface area contributed by atoms with Crippen molar-refractivity contribution in [3.05, 3.63) is 58.2 Å². The molecular weight excluding hydrogens is 384 g/mol. The van der Waals surface area contributed by atoms with Gasteiger partial charge in [0.15, 0.2) is 0 Å². The first kappa shape index (κ1) is 20.3. The summed E-state index contributed by atoms with van der Waals surface area (Å²) in [5.41, 5.74) is 2.36. The van der Waals surface area contributed by atoms with Crippen LogP contribution in [0.5, 0.6) is 0 Å². The number of anilines is 1. The van der Waals surface area contributed by atoms with Crippen LogP contribution in [0, 0.1) is 24.0 Å². The monoisotopic (exact) mass is 405 g/mol. The second-order valence-corrected chi connectivity index (χ2v) is 8.60. The summed E-state index contributed by atoms with van der Waals surface area (Å²) in [4.78, 5) is 16.8. The number of nitrogens with zero attached hydrogens (tertiary/aromatic N) is 2. The fourth-order valence-electron chi connectivity index (χ4n) is 3.08. The van der Waals surface area contributed by atoms with Gasteiger partial charge in [-0.05, 0) is 41.7 Å². The Bertz CT molecular complexity index is 1030. The molecule has 2 aromatic heterocycles. The summed E-state index contributed by atoms with van der Waals surface area (Å²) in [5.74, 6) is -0.919. The number of hydrogen-bond acceptors (Lipinski definition) is 2. The van der Waals surface area contributed by atoms with Crippen molar-refractivity contribution >= 4 is 34.4 Å². The number of benzene rings is 1. The number of nitrogens with one attached hydrogen (secondary N) is 1. The number of aryl methyl sites for hydroxylation is 1. The molecule has 0 fully saturated rings. The highest BCUT2D eigenvalue weighted by atomic mass is 35.5. The Morgan fingerprint density at radius 3 is 2.43 bits per heavy atom. The molecule has 2 heterocycles. The summed E-state index contributed by atoms with van der Waals surface area (Å²) in [6, 6.07) is 5.26. The molecule has 0 saturated heterocycles. The normalized spacial score (nSPS) is 11.8. The van der Waals surface area contributed by atoms with Crippen molar-refractivity contribution in [2.45, 2.75) is 40.7 Å². The number of rotatable bonds is 4. The van der Waals surface area contributed by atoms with Crippen molar-refractivity contribution in [3.8, 4) is 0 Å². The Balaban J connectivity index is 1.93. The fourth-order valence-corrected chi connectivity index (χ4v) is 3.33. The van der Waals surface area contributed by atoms with Crippen molar-refractivity contribution in [3.63, 3.8) is 0 Å². The number of pyridine rings is 1. The molecule has 0 aliphatic carbocycles. The molecule has 3 rings (SSSR count). The second-order valence-electron chi connectivity index (χ2n) is 8.19. The molecular formula is C21H22ClF2N3O. The van der Waals surface area contributed by atoms with Gasteiger partial charge in [-0.25, -0.2) is 13.8 Å². The number of halogens is 3. The van der Waals surface area contributed by atoms with Crippen LogP contribution in [0.2, 0.25) is 5.02 Å². The van der Waals surface area contributed by atoms with Crippen LogP contribution in [-0.2, 0) is 11.3 Å². The lowest BCUT2D eigenvalue weighted by atomic mass is 9.92. The first-order valence-electron chi connectivity index (χ1n) is 8.93. The fraction of sp³-hybridized carbons (Fsp3) is 0.333. The summed E-state index contributed by atoms with van der Waals surface area (Å²) in [7, 11) is 0. The third-order valence-corrected chi connectivity index (χ3v) is 4.50. The Morgan fingerprint density at radius 2 is 1.82 bits per heavy atom. The van der Waals surface area contributed by atoms with E-state index in [1.54, 1.807) is 10.8 Å². The SMILES string of the molecule is Cc1cc2c(nc1NC(=O)CC(C)(C)C)c(Cl)cn2Cc1cc(F)cc(F)c1. The number of carbonyl (C=O) groups is 1. The third-order valence-electron chi connectivity index (χ3n) is 4.22. The molecule has 4 nitrogen and oxygen atoms in total. The summed E-state index contributed by atoms with van der Waals surface area (Å²) in [6.45, 7) is 8.05. The van der Waals surface area contributed by atoms with E-state index in [2.05, 4.69) is 10.3 Å². The van der Waals surface area contributed by atoms with Crippen molar-refractivity contribution < 1.29 is 13.6 Å². The van der Waals surface area contributed by atoms with Crippen molar-refractivity contribution in [1.29, 1.82) is 0 Å². The van der Waals surface area contributed by atoms with E-state index in [1.165, 1.54) is 12.1 Å². The van der Waals surface area contributed by atoms with Gasteiger partial charge in [0.25, 0.3) is 0 Å². The smallest absolute Gasteiger partial charge is 0.226 e. The number of amides is 1. The average Bonchev–Trinajstić information content (AvgIpc) is 2.80. The minimum absolute atomic E-state index is 0.117. The van der Waals surface area contributed by atoms with Crippen LogP contribution < -0.4 is 5.32 Å². The summed E-state index contributed by atoms with van der Waals surface area (Å²) in [6.07, 6.45) is 2.04. The molecule has 0 aliphatic rings. The van der Waals surface area contributed by atoms with Gasteiger partial charge >= 0.3 is 0 Å². The van der Waals surface area contributed by atoms with E-state index in [9.17, 15) is 13.6 Å². The van der Waals surface area contributed by atoms with E-state index in [1.807, 2.05) is 33.8 Å². The molecule has 148 valence electrons. The van der Waals surface area contributed by atoms with Crippen LogP contribution >= 0.6 is 11.6 Å². The highest BCUT2D eigenvalue weighted by molar-refractivity contribution is 6.35. The lowest BCUT2D eigenvalue weighted by molar-refractivity contribution is -0.117. The molecule has 28 heavy (non-hydrogen) atoms. The van der Waals surface area contributed by atoms with Gasteiger partial charge in [-0.15, -0.1) is 0 Å². The average molecular weight is 406 g/mol. The molecule has 7 heteroatoms. The molecule has 3 aromatic rings. The summed E-state index contributed by atoms with van der Waals surface area (Å²) >= 11 is 6.33. The predicted octanol–water partition coefficient (Wildman–Crippen LogP) is 5.70. The summed E-state index contributed by atoms with van der Waals surface area (Å²) in [5, 5.41) is 3.24. The standard InChI is InChI=1S/C21H22ClF2N3O/c1-12-5-17-19(26-20(12)25-18(28)9-21(2,3)4)16(22)11-27(17)10-13-6-14(23)8-15(24)7-13/h5-8,11H,9-10H2,1-4H3,(H,25,26,28). The van der Waals surface area contributed by atoms with Crippen LogP contribution in [-0.4, -0.2) is 15.5 Å². The van der Waals surface area contributed by atoms with Gasteiger partial charge in [-0.2, -0.15) is 0 Å². The van der Waals surface area contributed by atoms with Crippen LogP contribution in [0.3, 0.4) is 0 Å². The number of carbonyl (C=O) groups excluding carboxylic acids is 1. The van der Waals surface area contributed by atoms with Crippen LogP contribution in [0.15, 0.2) is 30.5 Å².